The SMILES string of the molecule is COC(=O)NC(CCN1CCC2(CC1)CCN(Cc1ccc(Br)cc1)C2=O)c1cccc(OC)c1. The van der Waals surface area contributed by atoms with Crippen LogP contribution in [0.2, 0.25) is 0 Å². The third-order valence-electron chi connectivity index (χ3n) is 7.41. The first kappa shape index (κ1) is 25.5. The van der Waals surface area contributed by atoms with Gasteiger partial charge >= 0.3 is 6.09 Å². The summed E-state index contributed by atoms with van der Waals surface area (Å²) in [6.07, 6.45) is 3.01. The summed E-state index contributed by atoms with van der Waals surface area (Å²) in [6.45, 7) is 4.12. The van der Waals surface area contributed by atoms with Gasteiger partial charge in [0.1, 0.15) is 5.75 Å². The number of benzene rings is 2. The molecule has 1 atom stereocenters. The Balaban J connectivity index is 1.32. The molecule has 2 aliphatic rings. The van der Waals surface area contributed by atoms with Crippen LogP contribution in [0.5, 0.6) is 5.75 Å². The van der Waals surface area contributed by atoms with E-state index in [1.54, 1.807) is 7.11 Å². The van der Waals surface area contributed by atoms with Crippen molar-refractivity contribution in [1.82, 2.24) is 15.1 Å². The Morgan fingerprint density at radius 3 is 2.49 bits per heavy atom. The van der Waals surface area contributed by atoms with Gasteiger partial charge in [-0.25, -0.2) is 4.79 Å². The molecule has 2 aliphatic heterocycles. The second-order valence-electron chi connectivity index (χ2n) is 9.48. The third-order valence-corrected chi connectivity index (χ3v) is 7.94. The molecule has 8 heteroatoms. The summed E-state index contributed by atoms with van der Waals surface area (Å²) >= 11 is 3.47. The molecule has 0 radical (unpaired) electrons. The highest BCUT2D eigenvalue weighted by Gasteiger charge is 2.47. The number of rotatable bonds is 8. The van der Waals surface area contributed by atoms with Crippen molar-refractivity contribution < 1.29 is 19.1 Å². The normalized spacial score (nSPS) is 18.5. The maximum atomic E-state index is 13.4. The molecule has 188 valence electrons. The Morgan fingerprint density at radius 1 is 1.09 bits per heavy atom. The van der Waals surface area contributed by atoms with E-state index in [1.807, 2.05) is 41.3 Å². The zero-order valence-electron chi connectivity index (χ0n) is 20.5. The second-order valence-corrected chi connectivity index (χ2v) is 10.4. The van der Waals surface area contributed by atoms with Crippen molar-refractivity contribution in [2.75, 3.05) is 40.4 Å². The van der Waals surface area contributed by atoms with E-state index in [9.17, 15) is 9.59 Å². The van der Waals surface area contributed by atoms with Crippen LogP contribution in [-0.2, 0) is 16.1 Å². The van der Waals surface area contributed by atoms with Gasteiger partial charge in [0.05, 0.1) is 25.7 Å². The number of alkyl carbamates (subject to hydrolysis) is 1. The summed E-state index contributed by atoms with van der Waals surface area (Å²) in [5.74, 6) is 1.06. The molecule has 0 saturated carbocycles. The Hall–Kier alpha value is -2.58. The van der Waals surface area contributed by atoms with Crippen molar-refractivity contribution in [2.45, 2.75) is 38.3 Å². The minimum absolute atomic E-state index is 0.178. The van der Waals surface area contributed by atoms with Crippen LogP contribution in [0, 0.1) is 5.41 Å². The molecule has 1 N–H and O–H groups in total. The molecule has 35 heavy (non-hydrogen) atoms. The standard InChI is InChI=1S/C27H34BrN3O4/c1-34-23-5-3-4-21(18-23)24(29-26(33)35-2)10-14-30-15-11-27(12-16-30)13-17-31(25(27)32)19-20-6-8-22(28)9-7-20/h3-9,18,24H,10-17,19H2,1-2H3,(H,29,33). The zero-order valence-corrected chi connectivity index (χ0v) is 22.1. The van der Waals surface area contributed by atoms with Gasteiger partial charge in [0.2, 0.25) is 5.91 Å². The maximum absolute atomic E-state index is 13.4. The van der Waals surface area contributed by atoms with E-state index in [1.165, 1.54) is 7.11 Å². The highest BCUT2D eigenvalue weighted by atomic mass is 79.9. The maximum Gasteiger partial charge on any atom is 0.407 e. The molecule has 2 heterocycles. The molecule has 0 aromatic heterocycles. The van der Waals surface area contributed by atoms with Gasteiger partial charge in [0.25, 0.3) is 0 Å². The third kappa shape index (κ3) is 6.16. The number of nitrogens with one attached hydrogen (secondary N) is 1. The number of amides is 2. The van der Waals surface area contributed by atoms with Crippen molar-refractivity contribution in [2.24, 2.45) is 5.41 Å². The highest BCUT2D eigenvalue weighted by molar-refractivity contribution is 9.10. The fourth-order valence-electron chi connectivity index (χ4n) is 5.22. The lowest BCUT2D eigenvalue weighted by Gasteiger charge is -2.38. The largest absolute Gasteiger partial charge is 0.497 e. The molecule has 2 amide bonds. The number of hydrogen-bond acceptors (Lipinski definition) is 5. The van der Waals surface area contributed by atoms with Crippen molar-refractivity contribution >= 4 is 27.9 Å². The van der Waals surface area contributed by atoms with E-state index in [0.717, 1.165) is 73.2 Å². The van der Waals surface area contributed by atoms with Gasteiger partial charge in [-0.05, 0) is 74.2 Å². The van der Waals surface area contributed by atoms with E-state index in [0.29, 0.717) is 12.5 Å². The molecule has 2 fully saturated rings. The molecule has 0 bridgehead atoms. The topological polar surface area (TPSA) is 71.1 Å². The smallest absolute Gasteiger partial charge is 0.407 e. The Morgan fingerprint density at radius 2 is 1.80 bits per heavy atom. The average molecular weight is 544 g/mol. The van der Waals surface area contributed by atoms with Crippen molar-refractivity contribution in [1.29, 1.82) is 0 Å². The summed E-state index contributed by atoms with van der Waals surface area (Å²) in [5.41, 5.74) is 1.93. The number of hydrogen-bond donors (Lipinski definition) is 1. The number of nitrogens with zero attached hydrogens (tertiary/aromatic N) is 2. The van der Waals surface area contributed by atoms with Gasteiger partial charge in [-0.3, -0.25) is 4.79 Å². The molecule has 0 aliphatic carbocycles. The Labute approximate surface area is 215 Å². The number of halogens is 1. The van der Waals surface area contributed by atoms with Crippen LogP contribution in [0.4, 0.5) is 4.79 Å². The van der Waals surface area contributed by atoms with E-state index < -0.39 is 6.09 Å². The molecule has 4 rings (SSSR count). The minimum Gasteiger partial charge on any atom is -0.497 e. The van der Waals surface area contributed by atoms with Crippen molar-refractivity contribution in [3.63, 3.8) is 0 Å². The first-order valence-corrected chi connectivity index (χ1v) is 13.0. The lowest BCUT2D eigenvalue weighted by atomic mass is 9.77. The quantitative estimate of drug-likeness (QED) is 0.519. The molecular formula is C27H34BrN3O4. The van der Waals surface area contributed by atoms with Gasteiger partial charge < -0.3 is 24.6 Å². The molecule has 7 nitrogen and oxygen atoms in total. The van der Waals surface area contributed by atoms with E-state index >= 15 is 0 Å². The number of piperidine rings is 1. The second kappa shape index (κ2) is 11.4. The van der Waals surface area contributed by atoms with Gasteiger partial charge in [-0.2, -0.15) is 0 Å². The minimum atomic E-state index is -0.446. The van der Waals surface area contributed by atoms with Crippen LogP contribution in [0.3, 0.4) is 0 Å². The monoisotopic (exact) mass is 543 g/mol. The lowest BCUT2D eigenvalue weighted by molar-refractivity contribution is -0.138. The molecule has 2 saturated heterocycles. The van der Waals surface area contributed by atoms with E-state index in [-0.39, 0.29) is 11.5 Å². The van der Waals surface area contributed by atoms with Crippen LogP contribution < -0.4 is 10.1 Å². The molecule has 1 unspecified atom stereocenters. The van der Waals surface area contributed by atoms with Crippen LogP contribution in [0.15, 0.2) is 53.0 Å². The van der Waals surface area contributed by atoms with Crippen LogP contribution in [0.1, 0.15) is 42.9 Å². The molecule has 2 aromatic carbocycles. The predicted octanol–water partition coefficient (Wildman–Crippen LogP) is 4.76. The van der Waals surface area contributed by atoms with Crippen LogP contribution in [0.25, 0.3) is 0 Å². The number of ether oxygens (including phenoxy) is 2. The summed E-state index contributed by atoms with van der Waals surface area (Å²) in [5, 5.41) is 2.95. The average Bonchev–Trinajstić information content (AvgIpc) is 3.18. The van der Waals surface area contributed by atoms with Gasteiger partial charge in [0, 0.05) is 24.1 Å². The zero-order chi connectivity index (χ0) is 24.8. The predicted molar refractivity (Wildman–Crippen MR) is 138 cm³/mol. The summed E-state index contributed by atoms with van der Waals surface area (Å²) in [7, 11) is 3.01. The first-order chi connectivity index (χ1) is 16.9. The summed E-state index contributed by atoms with van der Waals surface area (Å²) in [4.78, 5) is 29.7. The van der Waals surface area contributed by atoms with Gasteiger partial charge in [-0.1, -0.05) is 40.2 Å². The molecular weight excluding hydrogens is 510 g/mol. The first-order valence-electron chi connectivity index (χ1n) is 12.2. The molecule has 2 aromatic rings. The fraction of sp³-hybridized carbons (Fsp3) is 0.481. The van der Waals surface area contributed by atoms with Crippen molar-refractivity contribution in [3.8, 4) is 5.75 Å². The Bertz CT molecular complexity index is 1020. The van der Waals surface area contributed by atoms with Crippen LogP contribution in [-0.4, -0.2) is 62.2 Å². The van der Waals surface area contributed by atoms with Crippen molar-refractivity contribution in [3.05, 3.63) is 64.1 Å². The van der Waals surface area contributed by atoms with Gasteiger partial charge in [-0.15, -0.1) is 0 Å². The molecule has 1 spiro atoms. The fourth-order valence-corrected chi connectivity index (χ4v) is 5.48. The lowest BCUT2D eigenvalue weighted by Crippen LogP contribution is -2.45. The van der Waals surface area contributed by atoms with Gasteiger partial charge in [0.15, 0.2) is 0 Å². The summed E-state index contributed by atoms with van der Waals surface area (Å²) < 4.78 is 11.2. The van der Waals surface area contributed by atoms with Crippen LogP contribution >= 0.6 is 15.9 Å². The summed E-state index contributed by atoms with van der Waals surface area (Å²) in [6, 6.07) is 15.8. The number of carbonyl (C=O) groups is 2. The number of likely N-dealkylation sites (tertiary alicyclic amines) is 2. The van der Waals surface area contributed by atoms with E-state index in [4.69, 9.17) is 9.47 Å². The Kier molecular flexibility index (Phi) is 8.34. The highest BCUT2D eigenvalue weighted by Crippen LogP contribution is 2.42. The number of methoxy groups -OCH3 is 2. The number of carbonyl (C=O) groups excluding carboxylic acids is 2. The van der Waals surface area contributed by atoms with E-state index in [2.05, 4.69) is 38.3 Å².